The van der Waals surface area contributed by atoms with Gasteiger partial charge in [0.25, 0.3) is 0 Å². The van der Waals surface area contributed by atoms with Crippen molar-refractivity contribution in [3.05, 3.63) is 70.5 Å². The highest BCUT2D eigenvalue weighted by Gasteiger charge is 2.17. The second-order valence-corrected chi connectivity index (χ2v) is 5.83. The van der Waals surface area contributed by atoms with Crippen LogP contribution in [-0.4, -0.2) is 16.4 Å². The molecular formula is C17H17FN2S. The average molecular weight is 300 g/mol. The number of hydrogen-bond acceptors (Lipinski definition) is 2. The number of fused-ring (bicyclic) bond motifs is 1. The Morgan fingerprint density at radius 3 is 2.71 bits per heavy atom. The van der Waals surface area contributed by atoms with Gasteiger partial charge in [0.1, 0.15) is 10.8 Å². The van der Waals surface area contributed by atoms with Crippen molar-refractivity contribution in [2.24, 2.45) is 5.73 Å². The maximum absolute atomic E-state index is 13.5. The highest BCUT2D eigenvalue weighted by Crippen LogP contribution is 2.22. The Bertz CT molecular complexity index is 684. The van der Waals surface area contributed by atoms with Gasteiger partial charge in [-0.25, -0.2) is 4.39 Å². The van der Waals surface area contributed by atoms with Gasteiger partial charge in [0.15, 0.2) is 0 Å². The Kier molecular flexibility index (Phi) is 3.99. The van der Waals surface area contributed by atoms with Gasteiger partial charge in [-0.15, -0.1) is 0 Å². The first kappa shape index (κ1) is 14.2. The van der Waals surface area contributed by atoms with Crippen LogP contribution >= 0.6 is 12.2 Å². The summed E-state index contributed by atoms with van der Waals surface area (Å²) in [5.74, 6) is -0.248. The van der Waals surface area contributed by atoms with Crippen LogP contribution < -0.4 is 5.73 Å². The molecule has 0 radical (unpaired) electrons. The summed E-state index contributed by atoms with van der Waals surface area (Å²) in [5.41, 5.74) is 10.1. The number of benzene rings is 2. The largest absolute Gasteiger partial charge is 0.389 e. The van der Waals surface area contributed by atoms with E-state index < -0.39 is 0 Å². The van der Waals surface area contributed by atoms with Crippen LogP contribution in [0.3, 0.4) is 0 Å². The van der Waals surface area contributed by atoms with Gasteiger partial charge in [-0.2, -0.15) is 0 Å². The molecule has 4 heteroatoms. The number of nitrogens with zero attached hydrogens (tertiary/aromatic N) is 1. The third-order valence-corrected chi connectivity index (χ3v) is 4.16. The van der Waals surface area contributed by atoms with Gasteiger partial charge < -0.3 is 5.73 Å². The summed E-state index contributed by atoms with van der Waals surface area (Å²) in [6.07, 6.45) is 1.02. The topological polar surface area (TPSA) is 29.3 Å². The molecule has 1 aliphatic heterocycles. The van der Waals surface area contributed by atoms with E-state index in [-0.39, 0.29) is 5.82 Å². The van der Waals surface area contributed by atoms with Gasteiger partial charge in [0.05, 0.1) is 0 Å². The molecule has 2 aromatic rings. The quantitative estimate of drug-likeness (QED) is 0.884. The van der Waals surface area contributed by atoms with Crippen LogP contribution in [0.2, 0.25) is 0 Å². The molecule has 108 valence electrons. The summed E-state index contributed by atoms with van der Waals surface area (Å²) in [6, 6.07) is 13.1. The van der Waals surface area contributed by atoms with Crippen molar-refractivity contribution in [2.75, 3.05) is 6.54 Å². The molecule has 0 spiro atoms. The minimum Gasteiger partial charge on any atom is -0.389 e. The molecule has 1 aliphatic rings. The summed E-state index contributed by atoms with van der Waals surface area (Å²) in [4.78, 5) is 2.63. The van der Waals surface area contributed by atoms with Crippen molar-refractivity contribution in [1.82, 2.24) is 4.90 Å². The van der Waals surface area contributed by atoms with Crippen LogP contribution in [0, 0.1) is 5.82 Å². The number of hydrogen-bond donors (Lipinski definition) is 1. The number of rotatable bonds is 3. The minimum atomic E-state index is -0.248. The zero-order valence-corrected chi connectivity index (χ0v) is 12.5. The lowest BCUT2D eigenvalue weighted by Crippen LogP contribution is -2.31. The highest BCUT2D eigenvalue weighted by atomic mass is 32.1. The summed E-state index contributed by atoms with van der Waals surface area (Å²) in [5, 5.41) is 0. The van der Waals surface area contributed by atoms with Crippen LogP contribution in [0.4, 0.5) is 4.39 Å². The number of thiocarbonyl (C=S) groups is 1. The molecule has 0 amide bonds. The van der Waals surface area contributed by atoms with Crippen molar-refractivity contribution in [3.63, 3.8) is 0 Å². The van der Waals surface area contributed by atoms with Crippen LogP contribution in [0.1, 0.15) is 22.3 Å². The zero-order chi connectivity index (χ0) is 14.8. The molecule has 0 atom stereocenters. The van der Waals surface area contributed by atoms with Gasteiger partial charge >= 0.3 is 0 Å². The predicted octanol–water partition coefficient (Wildman–Crippen LogP) is 3.02. The van der Waals surface area contributed by atoms with Crippen molar-refractivity contribution in [2.45, 2.75) is 19.5 Å². The molecule has 2 nitrogen and oxygen atoms in total. The fraction of sp³-hybridized carbons (Fsp3) is 0.235. The molecule has 2 N–H and O–H groups in total. The van der Waals surface area contributed by atoms with Crippen LogP contribution in [0.25, 0.3) is 0 Å². The highest BCUT2D eigenvalue weighted by molar-refractivity contribution is 7.80. The van der Waals surface area contributed by atoms with E-state index in [2.05, 4.69) is 29.2 Å². The van der Waals surface area contributed by atoms with Crippen molar-refractivity contribution in [1.29, 1.82) is 0 Å². The van der Waals surface area contributed by atoms with Crippen molar-refractivity contribution < 1.29 is 4.39 Å². The molecule has 1 heterocycles. The van der Waals surface area contributed by atoms with Crippen LogP contribution in [0.5, 0.6) is 0 Å². The van der Waals surface area contributed by atoms with E-state index in [1.54, 1.807) is 6.07 Å². The van der Waals surface area contributed by atoms with E-state index in [1.165, 1.54) is 23.3 Å². The Balaban J connectivity index is 1.82. The molecular weight excluding hydrogens is 283 g/mol. The van der Waals surface area contributed by atoms with Gasteiger partial charge in [-0.1, -0.05) is 36.5 Å². The Labute approximate surface area is 129 Å². The molecule has 0 aromatic heterocycles. The fourth-order valence-corrected chi connectivity index (χ4v) is 3.06. The molecule has 2 aromatic carbocycles. The Hall–Kier alpha value is -1.78. The smallest absolute Gasteiger partial charge is 0.123 e. The maximum Gasteiger partial charge on any atom is 0.123 e. The molecule has 3 rings (SSSR count). The number of halogens is 1. The lowest BCUT2D eigenvalue weighted by molar-refractivity contribution is 0.245. The van der Waals surface area contributed by atoms with Gasteiger partial charge in [0.2, 0.25) is 0 Å². The fourth-order valence-electron chi connectivity index (χ4n) is 2.86. The van der Waals surface area contributed by atoms with E-state index in [0.29, 0.717) is 11.5 Å². The molecule has 0 fully saturated rings. The van der Waals surface area contributed by atoms with Crippen LogP contribution in [0.15, 0.2) is 42.5 Å². The molecule has 0 saturated heterocycles. The summed E-state index contributed by atoms with van der Waals surface area (Å²) in [6.45, 7) is 2.51. The minimum absolute atomic E-state index is 0.248. The number of nitrogens with two attached hydrogens (primary N) is 1. The van der Waals surface area contributed by atoms with Crippen molar-refractivity contribution >= 4 is 17.2 Å². The lowest BCUT2D eigenvalue weighted by Gasteiger charge is -2.29. The SMILES string of the molecule is NC(=S)c1ccc(F)cc1CN1CCc2ccccc2C1. The average Bonchev–Trinajstić information content (AvgIpc) is 2.47. The standard InChI is InChI=1S/C17H17FN2S/c18-15-5-6-16(17(19)21)14(9-15)11-20-8-7-12-3-1-2-4-13(12)10-20/h1-6,9H,7-8,10-11H2,(H2,19,21). The first-order chi connectivity index (χ1) is 10.1. The summed E-state index contributed by atoms with van der Waals surface area (Å²) in [7, 11) is 0. The Morgan fingerprint density at radius 2 is 1.95 bits per heavy atom. The second-order valence-electron chi connectivity index (χ2n) is 5.40. The summed E-state index contributed by atoms with van der Waals surface area (Å²) >= 11 is 5.06. The van der Waals surface area contributed by atoms with Gasteiger partial charge in [0, 0.05) is 25.2 Å². The van der Waals surface area contributed by atoms with E-state index >= 15 is 0 Å². The van der Waals surface area contributed by atoms with E-state index in [0.717, 1.165) is 30.6 Å². The predicted molar refractivity (Wildman–Crippen MR) is 86.5 cm³/mol. The summed E-state index contributed by atoms with van der Waals surface area (Å²) < 4.78 is 13.5. The first-order valence-corrected chi connectivity index (χ1v) is 7.41. The first-order valence-electron chi connectivity index (χ1n) is 7.01. The normalized spacial score (nSPS) is 14.7. The molecule has 0 aliphatic carbocycles. The third-order valence-electron chi connectivity index (χ3n) is 3.94. The van der Waals surface area contributed by atoms with Crippen LogP contribution in [-0.2, 0) is 19.5 Å². The van der Waals surface area contributed by atoms with Crippen molar-refractivity contribution in [3.8, 4) is 0 Å². The lowest BCUT2D eigenvalue weighted by atomic mass is 9.99. The second kappa shape index (κ2) is 5.92. The van der Waals surface area contributed by atoms with E-state index in [4.69, 9.17) is 18.0 Å². The molecule has 21 heavy (non-hydrogen) atoms. The third kappa shape index (κ3) is 3.12. The molecule has 0 saturated carbocycles. The van der Waals surface area contributed by atoms with E-state index in [1.807, 2.05) is 0 Å². The molecule has 0 bridgehead atoms. The van der Waals surface area contributed by atoms with Gasteiger partial charge in [-0.05, 0) is 41.3 Å². The monoisotopic (exact) mass is 300 g/mol. The zero-order valence-electron chi connectivity index (χ0n) is 11.7. The van der Waals surface area contributed by atoms with Gasteiger partial charge in [-0.3, -0.25) is 4.90 Å². The Morgan fingerprint density at radius 1 is 1.19 bits per heavy atom. The molecule has 0 unspecified atom stereocenters. The van der Waals surface area contributed by atoms with E-state index in [9.17, 15) is 4.39 Å². The maximum atomic E-state index is 13.5.